The molecule has 3 aromatic rings. The summed E-state index contributed by atoms with van der Waals surface area (Å²) >= 11 is 0. The smallest absolute Gasteiger partial charge is 0.336 e. The minimum Gasteiger partial charge on any atom is -0.466 e. The Labute approximate surface area is 159 Å². The number of fused-ring (bicyclic) bond motifs is 1. The summed E-state index contributed by atoms with van der Waals surface area (Å²) in [5.74, 6) is -1.55. The van der Waals surface area contributed by atoms with Crippen LogP contribution < -0.4 is 5.32 Å². The number of carbonyl (C=O) groups is 2. The molecule has 0 unspecified atom stereocenters. The van der Waals surface area contributed by atoms with E-state index in [2.05, 4.69) is 20.6 Å². The fourth-order valence-electron chi connectivity index (χ4n) is 3.55. The van der Waals surface area contributed by atoms with Gasteiger partial charge in [-0.1, -0.05) is 12.1 Å². The Morgan fingerprint density at radius 3 is 2.68 bits per heavy atom. The minimum absolute atomic E-state index is 0.310. The van der Waals surface area contributed by atoms with E-state index in [1.807, 2.05) is 0 Å². The van der Waals surface area contributed by atoms with Gasteiger partial charge in [-0.15, -0.1) is 0 Å². The highest BCUT2D eigenvalue weighted by Crippen LogP contribution is 2.41. The summed E-state index contributed by atoms with van der Waals surface area (Å²) in [5, 5.41) is 11.0. The number of benzene rings is 1. The number of nitrogens with one attached hydrogen (secondary N) is 1. The molecule has 0 saturated carbocycles. The van der Waals surface area contributed by atoms with E-state index in [0.29, 0.717) is 39.1 Å². The van der Waals surface area contributed by atoms with Crippen LogP contribution in [0.15, 0.2) is 64.1 Å². The summed E-state index contributed by atoms with van der Waals surface area (Å²) in [4.78, 5) is 29.9. The van der Waals surface area contributed by atoms with E-state index in [4.69, 9.17) is 9.37 Å². The molecule has 0 aliphatic carbocycles. The highest BCUT2D eigenvalue weighted by Gasteiger charge is 2.38. The lowest BCUT2D eigenvalue weighted by Crippen LogP contribution is -2.33. The molecule has 9 heteroatoms. The summed E-state index contributed by atoms with van der Waals surface area (Å²) < 4.78 is 11.3. The number of rotatable bonds is 3. The first-order valence-corrected chi connectivity index (χ1v) is 8.53. The molecule has 3 heterocycles. The van der Waals surface area contributed by atoms with E-state index in [-0.39, 0.29) is 5.91 Å². The average molecular weight is 379 g/mol. The summed E-state index contributed by atoms with van der Waals surface area (Å²) in [6, 6.07) is 5.33. The van der Waals surface area contributed by atoms with Crippen LogP contribution in [-0.2, 0) is 9.53 Å². The van der Waals surface area contributed by atoms with Crippen molar-refractivity contribution in [1.82, 2.24) is 25.2 Å². The molecule has 1 aromatic carbocycles. The summed E-state index contributed by atoms with van der Waals surface area (Å²) in [7, 11) is 1.31. The van der Waals surface area contributed by atoms with Crippen molar-refractivity contribution >= 4 is 22.9 Å². The predicted octanol–water partition coefficient (Wildman–Crippen LogP) is 2.17. The molecule has 1 N–H and O–H groups in total. The van der Waals surface area contributed by atoms with Crippen molar-refractivity contribution < 1.29 is 19.0 Å². The SMILES string of the molecule is COC(=O)C1=C(C)NC(C)=C(C(=O)n2ccnc2)[C@H]1c1cccc2nonc12. The molecule has 1 aliphatic heterocycles. The Morgan fingerprint density at radius 2 is 1.96 bits per heavy atom. The number of hydrogen-bond acceptors (Lipinski definition) is 8. The van der Waals surface area contributed by atoms with Gasteiger partial charge in [-0.25, -0.2) is 14.4 Å². The number of aromatic nitrogens is 4. The number of carbonyl (C=O) groups excluding carboxylic acids is 2. The van der Waals surface area contributed by atoms with Gasteiger partial charge in [0.15, 0.2) is 0 Å². The number of hydrogen-bond donors (Lipinski definition) is 1. The molecule has 0 radical (unpaired) electrons. The van der Waals surface area contributed by atoms with Crippen LogP contribution in [-0.4, -0.2) is 38.9 Å². The third-order valence-electron chi connectivity index (χ3n) is 4.76. The lowest BCUT2D eigenvalue weighted by atomic mass is 9.79. The van der Waals surface area contributed by atoms with Crippen LogP contribution in [0.2, 0.25) is 0 Å². The molecule has 0 saturated heterocycles. The first kappa shape index (κ1) is 17.7. The van der Waals surface area contributed by atoms with Crippen LogP contribution in [0.3, 0.4) is 0 Å². The van der Waals surface area contributed by atoms with Crippen LogP contribution in [0, 0.1) is 0 Å². The Morgan fingerprint density at radius 1 is 1.18 bits per heavy atom. The van der Waals surface area contributed by atoms with Crippen LogP contribution in [0.4, 0.5) is 0 Å². The summed E-state index contributed by atoms with van der Waals surface area (Å²) in [6.07, 6.45) is 4.49. The Bertz CT molecular complexity index is 1140. The van der Waals surface area contributed by atoms with Crippen molar-refractivity contribution in [3.05, 3.63) is 65.0 Å². The highest BCUT2D eigenvalue weighted by molar-refractivity contribution is 6.04. The maximum absolute atomic E-state index is 13.3. The zero-order valence-corrected chi connectivity index (χ0v) is 15.5. The van der Waals surface area contributed by atoms with Gasteiger partial charge in [0, 0.05) is 29.4 Å². The second-order valence-electron chi connectivity index (χ2n) is 6.38. The highest BCUT2D eigenvalue weighted by atomic mass is 16.6. The molecule has 28 heavy (non-hydrogen) atoms. The number of allylic oxidation sites excluding steroid dienone is 3. The third-order valence-corrected chi connectivity index (χ3v) is 4.76. The van der Waals surface area contributed by atoms with Crippen LogP contribution in [0.1, 0.15) is 30.1 Å². The first-order valence-electron chi connectivity index (χ1n) is 8.53. The van der Waals surface area contributed by atoms with Gasteiger partial charge in [0.2, 0.25) is 0 Å². The molecule has 1 atom stereocenters. The lowest BCUT2D eigenvalue weighted by Gasteiger charge is -2.30. The summed E-state index contributed by atoms with van der Waals surface area (Å²) in [5.41, 5.74) is 3.58. The van der Waals surface area contributed by atoms with Gasteiger partial charge >= 0.3 is 5.97 Å². The molecule has 2 aromatic heterocycles. The third kappa shape index (κ3) is 2.68. The molecule has 0 fully saturated rings. The fraction of sp³-hybridized carbons (Fsp3) is 0.211. The van der Waals surface area contributed by atoms with Gasteiger partial charge in [0.05, 0.1) is 18.6 Å². The van der Waals surface area contributed by atoms with E-state index in [0.717, 1.165) is 0 Å². The zero-order chi connectivity index (χ0) is 19.8. The number of nitrogens with zero attached hydrogens (tertiary/aromatic N) is 4. The summed E-state index contributed by atoms with van der Waals surface area (Å²) in [6.45, 7) is 3.55. The van der Waals surface area contributed by atoms with Gasteiger partial charge in [-0.05, 0) is 35.8 Å². The Hall–Kier alpha value is -3.75. The monoisotopic (exact) mass is 379 g/mol. The predicted molar refractivity (Wildman–Crippen MR) is 98.0 cm³/mol. The molecule has 0 amide bonds. The number of ether oxygens (including phenoxy) is 1. The van der Waals surface area contributed by atoms with Gasteiger partial charge < -0.3 is 10.1 Å². The first-order chi connectivity index (χ1) is 13.5. The second kappa shape index (κ2) is 6.76. The minimum atomic E-state index is -0.709. The topological polar surface area (TPSA) is 112 Å². The lowest BCUT2D eigenvalue weighted by molar-refractivity contribution is -0.136. The Balaban J connectivity index is 1.98. The second-order valence-corrected chi connectivity index (χ2v) is 6.38. The molecule has 9 nitrogen and oxygen atoms in total. The quantitative estimate of drug-likeness (QED) is 0.689. The van der Waals surface area contributed by atoms with Gasteiger partial charge in [-0.3, -0.25) is 9.36 Å². The number of imidazole rings is 1. The van der Waals surface area contributed by atoms with E-state index in [1.165, 1.54) is 24.2 Å². The van der Waals surface area contributed by atoms with Crippen molar-refractivity contribution in [1.29, 1.82) is 0 Å². The van der Waals surface area contributed by atoms with E-state index in [1.54, 1.807) is 38.2 Å². The number of dihydropyridines is 1. The van der Waals surface area contributed by atoms with Gasteiger partial charge in [-0.2, -0.15) is 0 Å². The molecular formula is C19H17N5O4. The van der Waals surface area contributed by atoms with Crippen molar-refractivity contribution in [2.24, 2.45) is 0 Å². The Kier molecular flexibility index (Phi) is 4.26. The molecule has 0 spiro atoms. The van der Waals surface area contributed by atoms with E-state index < -0.39 is 11.9 Å². The zero-order valence-electron chi connectivity index (χ0n) is 15.5. The fourth-order valence-corrected chi connectivity index (χ4v) is 3.55. The standard InChI is InChI=1S/C19H17N5O4/c1-10-14(18(25)24-8-7-20-9-24)16(15(11(2)21-10)19(26)27-3)12-5-4-6-13-17(12)23-28-22-13/h4-9,16,21H,1-3H3/t16-/m1/s1. The number of methoxy groups -OCH3 is 1. The molecule has 1 aliphatic rings. The maximum atomic E-state index is 13.3. The van der Waals surface area contributed by atoms with Crippen LogP contribution in [0.5, 0.6) is 0 Å². The number of esters is 1. The maximum Gasteiger partial charge on any atom is 0.336 e. The van der Waals surface area contributed by atoms with Crippen molar-refractivity contribution in [3.8, 4) is 0 Å². The van der Waals surface area contributed by atoms with Crippen LogP contribution >= 0.6 is 0 Å². The largest absolute Gasteiger partial charge is 0.466 e. The molecular weight excluding hydrogens is 362 g/mol. The normalized spacial score (nSPS) is 17.0. The molecule has 142 valence electrons. The van der Waals surface area contributed by atoms with Crippen molar-refractivity contribution in [3.63, 3.8) is 0 Å². The average Bonchev–Trinajstić information content (AvgIpc) is 3.37. The molecule has 0 bridgehead atoms. The van der Waals surface area contributed by atoms with E-state index >= 15 is 0 Å². The van der Waals surface area contributed by atoms with Crippen LogP contribution in [0.25, 0.3) is 11.0 Å². The van der Waals surface area contributed by atoms with E-state index in [9.17, 15) is 9.59 Å². The molecule has 4 rings (SSSR count). The van der Waals surface area contributed by atoms with Crippen molar-refractivity contribution in [2.75, 3.05) is 7.11 Å². The van der Waals surface area contributed by atoms with Crippen molar-refractivity contribution in [2.45, 2.75) is 19.8 Å². The van der Waals surface area contributed by atoms with Gasteiger partial charge in [0.25, 0.3) is 5.91 Å². The van der Waals surface area contributed by atoms with Gasteiger partial charge in [0.1, 0.15) is 17.4 Å².